The van der Waals surface area contributed by atoms with Gasteiger partial charge in [-0.1, -0.05) is 17.7 Å². The molecule has 0 saturated carbocycles. The summed E-state index contributed by atoms with van der Waals surface area (Å²) in [6, 6.07) is 3.77. The first-order valence-corrected chi connectivity index (χ1v) is 7.06. The fourth-order valence-corrected chi connectivity index (χ4v) is 2.52. The summed E-state index contributed by atoms with van der Waals surface area (Å²) in [5, 5.41) is 0.506. The Kier molecular flexibility index (Phi) is 5.16. The van der Waals surface area contributed by atoms with Gasteiger partial charge in [0.25, 0.3) is 0 Å². The Bertz CT molecular complexity index is 422. The molecular formula is C14H19ClN2O2. The van der Waals surface area contributed by atoms with Crippen LogP contribution in [-0.4, -0.2) is 35.5 Å². The molecule has 0 spiro atoms. The number of aromatic nitrogens is 1. The molecule has 1 saturated heterocycles. The number of carbonyl (C=O) groups excluding carboxylic acids is 1. The number of likely N-dealkylation sites (tertiary alicyclic amines) is 1. The van der Waals surface area contributed by atoms with E-state index in [1.807, 2.05) is 13.0 Å². The third-order valence-electron chi connectivity index (χ3n) is 3.32. The standard InChI is InChI=1S/C14H19ClN2O2/c1-2-19-14(18)12-4-3-7-17(10-12)9-11-5-6-13(15)16-8-11/h5-6,8,12H,2-4,7,9-10H2,1H3. The van der Waals surface area contributed by atoms with Gasteiger partial charge in [0.05, 0.1) is 12.5 Å². The molecule has 5 heteroatoms. The summed E-state index contributed by atoms with van der Waals surface area (Å²) in [6.07, 6.45) is 3.75. The smallest absolute Gasteiger partial charge is 0.310 e. The highest BCUT2D eigenvalue weighted by molar-refractivity contribution is 6.29. The SMILES string of the molecule is CCOC(=O)C1CCCN(Cc2ccc(Cl)nc2)C1. The number of esters is 1. The van der Waals surface area contributed by atoms with Gasteiger partial charge < -0.3 is 4.74 Å². The summed E-state index contributed by atoms with van der Waals surface area (Å²) in [5.41, 5.74) is 1.12. The predicted octanol–water partition coefficient (Wildman–Crippen LogP) is 2.51. The average molecular weight is 283 g/mol. The Hall–Kier alpha value is -1.13. The maximum absolute atomic E-state index is 11.8. The Balaban J connectivity index is 1.90. The molecule has 1 fully saturated rings. The van der Waals surface area contributed by atoms with E-state index < -0.39 is 0 Å². The van der Waals surface area contributed by atoms with Gasteiger partial charge in [-0.3, -0.25) is 9.69 Å². The van der Waals surface area contributed by atoms with Crippen molar-refractivity contribution in [1.29, 1.82) is 0 Å². The monoisotopic (exact) mass is 282 g/mol. The fraction of sp³-hybridized carbons (Fsp3) is 0.571. The fourth-order valence-electron chi connectivity index (χ4n) is 2.41. The van der Waals surface area contributed by atoms with E-state index in [2.05, 4.69) is 9.88 Å². The number of hydrogen-bond donors (Lipinski definition) is 0. The van der Waals surface area contributed by atoms with E-state index in [1.165, 1.54) is 0 Å². The maximum atomic E-state index is 11.8. The molecule has 1 aliphatic heterocycles. The quantitative estimate of drug-likeness (QED) is 0.629. The molecule has 0 amide bonds. The third kappa shape index (κ3) is 4.18. The molecule has 2 rings (SSSR count). The number of hydrogen-bond acceptors (Lipinski definition) is 4. The summed E-state index contributed by atoms with van der Waals surface area (Å²) >= 11 is 5.77. The summed E-state index contributed by atoms with van der Waals surface area (Å²) in [6.45, 7) is 4.88. The van der Waals surface area contributed by atoms with Crippen molar-refractivity contribution in [3.05, 3.63) is 29.0 Å². The lowest BCUT2D eigenvalue weighted by atomic mass is 9.98. The molecule has 0 aromatic carbocycles. The number of ether oxygens (including phenoxy) is 1. The first kappa shape index (κ1) is 14.3. The van der Waals surface area contributed by atoms with Gasteiger partial charge in [-0.15, -0.1) is 0 Å². The lowest BCUT2D eigenvalue weighted by molar-refractivity contribution is -0.150. The van der Waals surface area contributed by atoms with Gasteiger partial charge in [-0.05, 0) is 37.9 Å². The first-order valence-electron chi connectivity index (χ1n) is 6.68. The highest BCUT2D eigenvalue weighted by Crippen LogP contribution is 2.20. The van der Waals surface area contributed by atoms with Crippen molar-refractivity contribution in [2.45, 2.75) is 26.3 Å². The zero-order valence-electron chi connectivity index (χ0n) is 11.1. The number of pyridine rings is 1. The van der Waals surface area contributed by atoms with Gasteiger partial charge in [-0.25, -0.2) is 4.98 Å². The molecule has 0 bridgehead atoms. The average Bonchev–Trinajstić information content (AvgIpc) is 2.42. The highest BCUT2D eigenvalue weighted by Gasteiger charge is 2.26. The van der Waals surface area contributed by atoms with Gasteiger partial charge in [-0.2, -0.15) is 0 Å². The minimum atomic E-state index is -0.0681. The second-order valence-electron chi connectivity index (χ2n) is 4.82. The summed E-state index contributed by atoms with van der Waals surface area (Å²) in [7, 11) is 0. The van der Waals surface area contributed by atoms with E-state index in [0.717, 1.165) is 38.0 Å². The second-order valence-corrected chi connectivity index (χ2v) is 5.20. The maximum Gasteiger partial charge on any atom is 0.310 e. The van der Waals surface area contributed by atoms with Crippen LogP contribution in [0.15, 0.2) is 18.3 Å². The Morgan fingerprint density at radius 3 is 3.11 bits per heavy atom. The van der Waals surface area contributed by atoms with Crippen LogP contribution in [-0.2, 0) is 16.1 Å². The Morgan fingerprint density at radius 1 is 1.58 bits per heavy atom. The van der Waals surface area contributed by atoms with Gasteiger partial charge in [0.1, 0.15) is 5.15 Å². The molecule has 1 atom stereocenters. The Labute approximate surface area is 118 Å². The van der Waals surface area contributed by atoms with Crippen LogP contribution in [0.2, 0.25) is 5.15 Å². The molecule has 0 aliphatic carbocycles. The lowest BCUT2D eigenvalue weighted by Crippen LogP contribution is -2.38. The van der Waals surface area contributed by atoms with E-state index in [-0.39, 0.29) is 11.9 Å². The summed E-state index contributed by atoms with van der Waals surface area (Å²) in [4.78, 5) is 18.1. The van der Waals surface area contributed by atoms with Crippen LogP contribution in [0, 0.1) is 5.92 Å². The topological polar surface area (TPSA) is 42.4 Å². The van der Waals surface area contributed by atoms with Crippen molar-refractivity contribution >= 4 is 17.6 Å². The van der Waals surface area contributed by atoms with Crippen molar-refractivity contribution in [2.75, 3.05) is 19.7 Å². The molecule has 1 unspecified atom stereocenters. The van der Waals surface area contributed by atoms with Crippen LogP contribution >= 0.6 is 11.6 Å². The minimum Gasteiger partial charge on any atom is -0.466 e. The van der Waals surface area contributed by atoms with Crippen LogP contribution < -0.4 is 0 Å². The zero-order chi connectivity index (χ0) is 13.7. The number of halogens is 1. The molecule has 104 valence electrons. The van der Waals surface area contributed by atoms with Gasteiger partial charge in [0.15, 0.2) is 0 Å². The highest BCUT2D eigenvalue weighted by atomic mass is 35.5. The van der Waals surface area contributed by atoms with E-state index in [9.17, 15) is 4.79 Å². The van der Waals surface area contributed by atoms with Crippen molar-refractivity contribution < 1.29 is 9.53 Å². The molecule has 1 aromatic rings. The van der Waals surface area contributed by atoms with Gasteiger partial charge >= 0.3 is 5.97 Å². The van der Waals surface area contributed by atoms with Crippen LogP contribution in [0.5, 0.6) is 0 Å². The number of piperidine rings is 1. The van der Waals surface area contributed by atoms with Crippen molar-refractivity contribution in [3.8, 4) is 0 Å². The number of rotatable bonds is 4. The summed E-state index contributed by atoms with van der Waals surface area (Å²) < 4.78 is 5.10. The molecule has 4 nitrogen and oxygen atoms in total. The van der Waals surface area contributed by atoms with Gasteiger partial charge in [0.2, 0.25) is 0 Å². The minimum absolute atomic E-state index is 0.00830. The van der Waals surface area contributed by atoms with Gasteiger partial charge in [0, 0.05) is 19.3 Å². The largest absolute Gasteiger partial charge is 0.466 e. The second kappa shape index (κ2) is 6.87. The molecule has 19 heavy (non-hydrogen) atoms. The van der Waals surface area contributed by atoms with E-state index in [0.29, 0.717) is 11.8 Å². The molecule has 1 aliphatic rings. The lowest BCUT2D eigenvalue weighted by Gasteiger charge is -2.31. The van der Waals surface area contributed by atoms with Crippen LogP contribution in [0.3, 0.4) is 0 Å². The van der Waals surface area contributed by atoms with Crippen LogP contribution in [0.1, 0.15) is 25.3 Å². The number of carbonyl (C=O) groups is 1. The third-order valence-corrected chi connectivity index (χ3v) is 3.54. The van der Waals surface area contributed by atoms with E-state index in [1.54, 1.807) is 12.3 Å². The molecule has 2 heterocycles. The predicted molar refractivity (Wildman–Crippen MR) is 73.9 cm³/mol. The molecule has 0 radical (unpaired) electrons. The first-order chi connectivity index (χ1) is 9.19. The van der Waals surface area contributed by atoms with E-state index in [4.69, 9.17) is 16.3 Å². The zero-order valence-corrected chi connectivity index (χ0v) is 11.9. The van der Waals surface area contributed by atoms with Crippen molar-refractivity contribution in [3.63, 3.8) is 0 Å². The van der Waals surface area contributed by atoms with E-state index >= 15 is 0 Å². The van der Waals surface area contributed by atoms with Crippen molar-refractivity contribution in [2.24, 2.45) is 5.92 Å². The summed E-state index contributed by atoms with van der Waals surface area (Å²) in [5.74, 6) is -0.0598. The van der Waals surface area contributed by atoms with Crippen LogP contribution in [0.4, 0.5) is 0 Å². The molecular weight excluding hydrogens is 264 g/mol. The van der Waals surface area contributed by atoms with Crippen molar-refractivity contribution in [1.82, 2.24) is 9.88 Å². The van der Waals surface area contributed by atoms with Crippen LogP contribution in [0.25, 0.3) is 0 Å². The Morgan fingerprint density at radius 2 is 2.42 bits per heavy atom. The number of nitrogens with zero attached hydrogens (tertiary/aromatic N) is 2. The normalized spacial score (nSPS) is 20.2. The molecule has 1 aromatic heterocycles. The molecule has 0 N–H and O–H groups in total.